The van der Waals surface area contributed by atoms with E-state index in [1.165, 1.54) is 75.1 Å². The van der Waals surface area contributed by atoms with Crippen LogP contribution < -0.4 is 0 Å². The first kappa shape index (κ1) is 17.9. The smallest absolute Gasteiger partial charge is 0.123 e. The van der Waals surface area contributed by atoms with Gasteiger partial charge < -0.3 is 0 Å². The van der Waals surface area contributed by atoms with E-state index in [0.717, 1.165) is 5.92 Å². The molecule has 3 rings (SSSR count). The fraction of sp³-hybridized carbons (Fsp3) is 0.636. The highest BCUT2D eigenvalue weighted by Gasteiger charge is 2.42. The van der Waals surface area contributed by atoms with Crippen LogP contribution in [0.25, 0.3) is 0 Å². The van der Waals surface area contributed by atoms with Crippen molar-refractivity contribution in [3.8, 4) is 0 Å². The lowest BCUT2D eigenvalue weighted by atomic mass is 9.60. The predicted octanol–water partition coefficient (Wildman–Crippen LogP) is 6.63. The second-order valence-corrected chi connectivity index (χ2v) is 11.6. The zero-order valence-corrected chi connectivity index (χ0v) is 16.4. The molecule has 0 radical (unpaired) electrons. The molecule has 2 heteroatoms. The van der Waals surface area contributed by atoms with E-state index in [2.05, 4.69) is 31.2 Å². The van der Waals surface area contributed by atoms with Gasteiger partial charge in [-0.1, -0.05) is 74.5 Å². The van der Waals surface area contributed by atoms with Gasteiger partial charge in [-0.3, -0.25) is 0 Å². The minimum Gasteiger partial charge on any atom is -0.207 e. The van der Waals surface area contributed by atoms with Crippen molar-refractivity contribution in [2.45, 2.75) is 81.8 Å². The Morgan fingerprint density at radius 1 is 1.08 bits per heavy atom. The van der Waals surface area contributed by atoms with Crippen molar-refractivity contribution in [1.29, 1.82) is 0 Å². The fourth-order valence-electron chi connectivity index (χ4n) is 5.40. The average molecular weight is 345 g/mol. The van der Waals surface area contributed by atoms with Crippen molar-refractivity contribution in [2.75, 3.05) is 0 Å². The molecule has 2 aliphatic rings. The second kappa shape index (κ2) is 8.47. The third-order valence-corrected chi connectivity index (χ3v) is 10.2. The van der Waals surface area contributed by atoms with Crippen LogP contribution in [0.1, 0.15) is 63.9 Å². The molecule has 0 amide bonds. The van der Waals surface area contributed by atoms with E-state index in [1.807, 2.05) is 0 Å². The maximum atomic E-state index is 13.4. The third kappa shape index (κ3) is 4.01. The molecule has 2 fully saturated rings. The first-order chi connectivity index (χ1) is 11.7. The Kier molecular flexibility index (Phi) is 6.32. The summed E-state index contributed by atoms with van der Waals surface area (Å²) < 4.78 is 13.4. The predicted molar refractivity (Wildman–Crippen MR) is 105 cm³/mol. The molecule has 0 aromatic heterocycles. The van der Waals surface area contributed by atoms with Crippen molar-refractivity contribution >= 4 is 8.80 Å². The zero-order valence-electron chi connectivity index (χ0n) is 15.3. The summed E-state index contributed by atoms with van der Waals surface area (Å²) >= 11 is 0. The Labute approximate surface area is 149 Å². The molecule has 0 N–H and O–H groups in total. The Morgan fingerprint density at radius 3 is 2.38 bits per heavy atom. The van der Waals surface area contributed by atoms with E-state index in [-0.39, 0.29) is 5.82 Å². The number of hydrogen-bond acceptors (Lipinski definition) is 0. The average Bonchev–Trinajstić information content (AvgIpc) is 2.64. The summed E-state index contributed by atoms with van der Waals surface area (Å²) in [5.74, 6) is 0.749. The molecular formula is C22H33FSi. The topological polar surface area (TPSA) is 0 Å². The van der Waals surface area contributed by atoms with Gasteiger partial charge in [0.25, 0.3) is 0 Å². The Morgan fingerprint density at radius 2 is 1.75 bits per heavy atom. The van der Waals surface area contributed by atoms with Gasteiger partial charge in [-0.2, -0.15) is 0 Å². The summed E-state index contributed by atoms with van der Waals surface area (Å²) in [5, 5.41) is 0. The summed E-state index contributed by atoms with van der Waals surface area (Å²) in [6.45, 7) is 2.13. The van der Waals surface area contributed by atoms with E-state index >= 15 is 0 Å². The van der Waals surface area contributed by atoms with Gasteiger partial charge in [-0.15, -0.1) is 0 Å². The number of hydrogen-bond donors (Lipinski definition) is 0. The minimum atomic E-state index is -0.494. The lowest BCUT2D eigenvalue weighted by Crippen LogP contribution is -2.40. The van der Waals surface area contributed by atoms with Crippen LogP contribution in [-0.4, -0.2) is 8.80 Å². The first-order valence-electron chi connectivity index (χ1n) is 10.1. The summed E-state index contributed by atoms with van der Waals surface area (Å²) in [4.78, 5) is 0. The van der Waals surface area contributed by atoms with Crippen LogP contribution >= 0.6 is 0 Å². The van der Waals surface area contributed by atoms with E-state index in [1.54, 1.807) is 12.1 Å². The Hall–Kier alpha value is -0.893. The molecule has 1 saturated carbocycles. The van der Waals surface area contributed by atoms with Gasteiger partial charge >= 0.3 is 0 Å². The Bertz CT molecular complexity index is 519. The monoisotopic (exact) mass is 344 g/mol. The largest absolute Gasteiger partial charge is 0.207 e. The van der Waals surface area contributed by atoms with Crippen molar-refractivity contribution in [3.05, 3.63) is 47.8 Å². The maximum absolute atomic E-state index is 13.4. The molecule has 132 valence electrons. The number of allylic oxidation sites excluding steroid dienone is 2. The highest BCUT2D eigenvalue weighted by molar-refractivity contribution is 6.59. The Balaban J connectivity index is 1.70. The second-order valence-electron chi connectivity index (χ2n) is 8.09. The number of halogens is 1. The molecule has 1 saturated heterocycles. The van der Waals surface area contributed by atoms with Crippen LogP contribution in [0.4, 0.5) is 4.39 Å². The van der Waals surface area contributed by atoms with Gasteiger partial charge in [0.05, 0.1) is 0 Å². The molecule has 0 atom stereocenters. The standard InChI is InChI=1S/C22H33FSi/c1-2-3-7-16-24-17-12-20(13-18-24)22(14-5-4-6-15-22)19-8-10-21(23)11-9-19/h2-3,8-11,20,24H,4-7,12-18H2,1H3. The zero-order chi connectivity index (χ0) is 16.8. The fourth-order valence-corrected chi connectivity index (χ4v) is 8.68. The van der Waals surface area contributed by atoms with Gasteiger partial charge in [0, 0.05) is 8.80 Å². The van der Waals surface area contributed by atoms with E-state index in [4.69, 9.17) is 0 Å². The lowest BCUT2D eigenvalue weighted by molar-refractivity contribution is 0.174. The van der Waals surface area contributed by atoms with Gasteiger partial charge in [0.15, 0.2) is 0 Å². The van der Waals surface area contributed by atoms with Crippen LogP contribution in [0.5, 0.6) is 0 Å². The number of rotatable bonds is 5. The quantitative estimate of drug-likeness (QED) is 0.415. The third-order valence-electron chi connectivity index (χ3n) is 6.77. The molecule has 0 unspecified atom stereocenters. The molecule has 1 heterocycles. The van der Waals surface area contributed by atoms with Crippen LogP contribution in [0.3, 0.4) is 0 Å². The molecule has 1 aromatic carbocycles. The molecule has 0 bridgehead atoms. The van der Waals surface area contributed by atoms with Crippen LogP contribution in [-0.2, 0) is 5.41 Å². The lowest BCUT2D eigenvalue weighted by Gasteiger charge is -2.47. The van der Waals surface area contributed by atoms with Gasteiger partial charge in [0.1, 0.15) is 5.82 Å². The van der Waals surface area contributed by atoms with Crippen molar-refractivity contribution in [3.63, 3.8) is 0 Å². The highest BCUT2D eigenvalue weighted by atomic mass is 28.3. The van der Waals surface area contributed by atoms with E-state index in [0.29, 0.717) is 5.41 Å². The molecule has 24 heavy (non-hydrogen) atoms. The van der Waals surface area contributed by atoms with Crippen molar-refractivity contribution in [1.82, 2.24) is 0 Å². The summed E-state index contributed by atoms with van der Waals surface area (Å²) in [7, 11) is -0.494. The molecule has 0 spiro atoms. The molecule has 1 aliphatic heterocycles. The van der Waals surface area contributed by atoms with Gasteiger partial charge in [-0.25, -0.2) is 4.39 Å². The number of benzene rings is 1. The van der Waals surface area contributed by atoms with Crippen LogP contribution in [0.15, 0.2) is 36.4 Å². The summed E-state index contributed by atoms with van der Waals surface area (Å²) in [5.41, 5.74) is 1.79. The highest BCUT2D eigenvalue weighted by Crippen LogP contribution is 2.50. The summed E-state index contributed by atoms with van der Waals surface area (Å²) in [6.07, 6.45) is 15.5. The molecule has 1 aliphatic carbocycles. The SMILES string of the molecule is CC=CCC[SiH]1CCC(C2(c3ccc(F)cc3)CCCCC2)CC1. The molecular weight excluding hydrogens is 311 g/mol. The minimum absolute atomic E-state index is 0.0928. The summed E-state index contributed by atoms with van der Waals surface area (Å²) in [6, 6.07) is 12.1. The van der Waals surface area contributed by atoms with E-state index < -0.39 is 8.80 Å². The van der Waals surface area contributed by atoms with Gasteiger partial charge in [0.2, 0.25) is 0 Å². The van der Waals surface area contributed by atoms with Crippen molar-refractivity contribution in [2.24, 2.45) is 5.92 Å². The van der Waals surface area contributed by atoms with Crippen molar-refractivity contribution < 1.29 is 4.39 Å². The molecule has 0 nitrogen and oxygen atoms in total. The first-order valence-corrected chi connectivity index (χ1v) is 12.6. The van der Waals surface area contributed by atoms with E-state index in [9.17, 15) is 4.39 Å². The molecule has 1 aromatic rings. The van der Waals surface area contributed by atoms with Crippen LogP contribution in [0.2, 0.25) is 18.1 Å². The maximum Gasteiger partial charge on any atom is 0.123 e. The normalized spacial score (nSPS) is 27.4. The van der Waals surface area contributed by atoms with Crippen LogP contribution in [0, 0.1) is 11.7 Å². The van der Waals surface area contributed by atoms with Gasteiger partial charge in [-0.05, 0) is 55.2 Å².